The molecule has 0 aromatic carbocycles. The molecule has 4 heteroatoms. The van der Waals surface area contributed by atoms with Crippen LogP contribution in [-0.2, 0) is 9.53 Å². The fourth-order valence-corrected chi connectivity index (χ4v) is 3.71. The maximum Gasteiger partial charge on any atom is 0.334 e. The molecule has 2 fully saturated rings. The van der Waals surface area contributed by atoms with Gasteiger partial charge in [0.25, 0.3) is 0 Å². The highest BCUT2D eigenvalue weighted by molar-refractivity contribution is 5.91. The predicted molar refractivity (Wildman–Crippen MR) is 69.0 cm³/mol. The number of hydrogen-bond donors (Lipinski definition) is 2. The largest absolute Gasteiger partial charge is 0.458 e. The Hall–Kier alpha value is -1.39. The van der Waals surface area contributed by atoms with Gasteiger partial charge in [0.15, 0.2) is 0 Å². The summed E-state index contributed by atoms with van der Waals surface area (Å²) in [5.41, 5.74) is 0.101. The van der Waals surface area contributed by atoms with Crippen molar-refractivity contribution in [3.8, 4) is 0 Å². The van der Waals surface area contributed by atoms with Gasteiger partial charge in [-0.3, -0.25) is 0 Å². The third kappa shape index (κ3) is 1.63. The van der Waals surface area contributed by atoms with Crippen molar-refractivity contribution in [1.82, 2.24) is 0 Å². The SMILES string of the molecule is C=C1CC(O)C2C(=C)C(=O)OC2C2C1C=CC2(C)O. The van der Waals surface area contributed by atoms with E-state index in [1.165, 1.54) is 0 Å². The van der Waals surface area contributed by atoms with Crippen LogP contribution in [0, 0.1) is 17.8 Å². The molecule has 1 saturated carbocycles. The first-order valence-electron chi connectivity index (χ1n) is 6.50. The summed E-state index contributed by atoms with van der Waals surface area (Å²) in [7, 11) is 0. The second-order valence-electron chi connectivity index (χ2n) is 5.99. The number of aliphatic hydroxyl groups is 2. The highest BCUT2D eigenvalue weighted by atomic mass is 16.6. The number of allylic oxidation sites excluding steroid dienone is 1. The van der Waals surface area contributed by atoms with Gasteiger partial charge >= 0.3 is 5.97 Å². The highest BCUT2D eigenvalue weighted by Gasteiger charge is 2.57. The Morgan fingerprint density at radius 2 is 2.16 bits per heavy atom. The van der Waals surface area contributed by atoms with Gasteiger partial charge in [0, 0.05) is 17.4 Å². The molecule has 2 N–H and O–H groups in total. The normalized spacial score (nSPS) is 48.8. The van der Waals surface area contributed by atoms with Crippen molar-refractivity contribution in [2.24, 2.45) is 17.8 Å². The second kappa shape index (κ2) is 3.81. The zero-order valence-electron chi connectivity index (χ0n) is 10.9. The Bertz CT molecular complexity index is 502. The van der Waals surface area contributed by atoms with E-state index in [0.29, 0.717) is 12.0 Å². The first kappa shape index (κ1) is 12.6. The van der Waals surface area contributed by atoms with Crippen LogP contribution in [0.2, 0.25) is 0 Å². The lowest BCUT2D eigenvalue weighted by molar-refractivity contribution is -0.146. The standard InChI is InChI=1S/C15H18O4/c1-7-6-10(16)11-8(2)14(17)19-13(11)12-9(7)4-5-15(12,3)18/h4-5,9-13,16,18H,1-2,6H2,3H3. The molecule has 0 aromatic heterocycles. The van der Waals surface area contributed by atoms with Gasteiger partial charge in [-0.15, -0.1) is 0 Å². The Kier molecular flexibility index (Phi) is 2.53. The Balaban J connectivity index is 2.08. The van der Waals surface area contributed by atoms with Crippen molar-refractivity contribution in [1.29, 1.82) is 0 Å². The number of carbonyl (C=O) groups excluding carboxylic acids is 1. The molecule has 4 nitrogen and oxygen atoms in total. The van der Waals surface area contributed by atoms with Crippen molar-refractivity contribution >= 4 is 5.97 Å². The van der Waals surface area contributed by atoms with Gasteiger partial charge in [-0.1, -0.05) is 30.9 Å². The first-order valence-corrected chi connectivity index (χ1v) is 6.50. The number of esters is 1. The number of carbonyl (C=O) groups is 1. The fourth-order valence-electron chi connectivity index (χ4n) is 3.71. The summed E-state index contributed by atoms with van der Waals surface area (Å²) in [5.74, 6) is -1.29. The molecule has 3 rings (SSSR count). The number of aliphatic hydroxyl groups excluding tert-OH is 1. The van der Waals surface area contributed by atoms with Crippen LogP contribution >= 0.6 is 0 Å². The van der Waals surface area contributed by atoms with Crippen LogP contribution in [0.4, 0.5) is 0 Å². The van der Waals surface area contributed by atoms with Crippen LogP contribution in [0.25, 0.3) is 0 Å². The number of fused-ring (bicyclic) bond motifs is 3. The summed E-state index contributed by atoms with van der Waals surface area (Å²) in [4.78, 5) is 11.7. The van der Waals surface area contributed by atoms with Crippen molar-refractivity contribution < 1.29 is 19.7 Å². The number of ether oxygens (including phenoxy) is 1. The van der Waals surface area contributed by atoms with E-state index in [1.54, 1.807) is 13.0 Å². The maximum atomic E-state index is 11.7. The molecule has 0 amide bonds. The molecule has 0 spiro atoms. The Morgan fingerprint density at radius 1 is 1.47 bits per heavy atom. The quantitative estimate of drug-likeness (QED) is 0.387. The van der Waals surface area contributed by atoms with Crippen molar-refractivity contribution in [3.05, 3.63) is 36.5 Å². The summed E-state index contributed by atoms with van der Waals surface area (Å²) in [5, 5.41) is 20.8. The van der Waals surface area contributed by atoms with Crippen LogP contribution in [0.3, 0.4) is 0 Å². The fraction of sp³-hybridized carbons (Fsp3) is 0.533. The lowest BCUT2D eigenvalue weighted by Crippen LogP contribution is -2.44. The average molecular weight is 262 g/mol. The van der Waals surface area contributed by atoms with Crippen LogP contribution in [-0.4, -0.2) is 34.0 Å². The number of hydrogen-bond acceptors (Lipinski definition) is 4. The van der Waals surface area contributed by atoms with Crippen LogP contribution in [0.1, 0.15) is 13.3 Å². The average Bonchev–Trinajstić information content (AvgIpc) is 2.72. The van der Waals surface area contributed by atoms with Crippen molar-refractivity contribution in [2.45, 2.75) is 31.2 Å². The molecule has 19 heavy (non-hydrogen) atoms. The molecule has 1 heterocycles. The molecule has 102 valence electrons. The highest BCUT2D eigenvalue weighted by Crippen LogP contribution is 2.51. The second-order valence-corrected chi connectivity index (χ2v) is 5.99. The Morgan fingerprint density at radius 3 is 2.84 bits per heavy atom. The van der Waals surface area contributed by atoms with E-state index in [1.807, 2.05) is 6.08 Å². The van der Waals surface area contributed by atoms with Crippen LogP contribution in [0.5, 0.6) is 0 Å². The van der Waals surface area contributed by atoms with E-state index >= 15 is 0 Å². The smallest absolute Gasteiger partial charge is 0.334 e. The maximum absolute atomic E-state index is 11.7. The van der Waals surface area contributed by atoms with Gasteiger partial charge in [0.1, 0.15) is 6.10 Å². The predicted octanol–water partition coefficient (Wildman–Crippen LogP) is 0.958. The molecule has 2 aliphatic carbocycles. The molecule has 6 atom stereocenters. The summed E-state index contributed by atoms with van der Waals surface area (Å²) in [6, 6.07) is 0. The van der Waals surface area contributed by atoms with E-state index < -0.39 is 29.7 Å². The molecular weight excluding hydrogens is 244 g/mol. The third-order valence-electron chi connectivity index (χ3n) is 4.68. The lowest BCUT2D eigenvalue weighted by Gasteiger charge is -2.34. The molecule has 1 saturated heterocycles. The van der Waals surface area contributed by atoms with E-state index in [2.05, 4.69) is 13.2 Å². The Labute approximate surface area is 112 Å². The third-order valence-corrected chi connectivity index (χ3v) is 4.68. The van der Waals surface area contributed by atoms with E-state index in [-0.39, 0.29) is 11.8 Å². The summed E-state index contributed by atoms with van der Waals surface area (Å²) in [6.07, 6.45) is 2.77. The molecule has 0 bridgehead atoms. The van der Waals surface area contributed by atoms with Crippen LogP contribution in [0.15, 0.2) is 36.5 Å². The van der Waals surface area contributed by atoms with Gasteiger partial charge in [-0.05, 0) is 13.3 Å². The zero-order chi connectivity index (χ0) is 13.9. The van der Waals surface area contributed by atoms with E-state index in [9.17, 15) is 15.0 Å². The minimum Gasteiger partial charge on any atom is -0.458 e. The minimum atomic E-state index is -1.06. The molecule has 0 aromatic rings. The first-order chi connectivity index (χ1) is 8.83. The molecule has 6 unspecified atom stereocenters. The minimum absolute atomic E-state index is 0.0710. The van der Waals surface area contributed by atoms with Gasteiger partial charge in [-0.2, -0.15) is 0 Å². The van der Waals surface area contributed by atoms with Gasteiger partial charge in [0.2, 0.25) is 0 Å². The monoisotopic (exact) mass is 262 g/mol. The van der Waals surface area contributed by atoms with Gasteiger partial charge in [-0.25, -0.2) is 4.79 Å². The zero-order valence-corrected chi connectivity index (χ0v) is 10.9. The van der Waals surface area contributed by atoms with Crippen LogP contribution < -0.4 is 0 Å². The molecule has 3 aliphatic rings. The lowest BCUT2D eigenvalue weighted by atomic mass is 9.76. The van der Waals surface area contributed by atoms with Gasteiger partial charge < -0.3 is 14.9 Å². The topological polar surface area (TPSA) is 66.8 Å². The van der Waals surface area contributed by atoms with E-state index in [4.69, 9.17) is 4.74 Å². The summed E-state index contributed by atoms with van der Waals surface area (Å²) < 4.78 is 5.39. The summed E-state index contributed by atoms with van der Waals surface area (Å²) in [6.45, 7) is 9.44. The molecule has 1 aliphatic heterocycles. The molecular formula is C15H18O4. The van der Waals surface area contributed by atoms with E-state index in [0.717, 1.165) is 5.57 Å². The summed E-state index contributed by atoms with van der Waals surface area (Å²) >= 11 is 0. The number of rotatable bonds is 0. The van der Waals surface area contributed by atoms with Crippen molar-refractivity contribution in [3.63, 3.8) is 0 Å². The molecule has 0 radical (unpaired) electrons. The van der Waals surface area contributed by atoms with Crippen molar-refractivity contribution in [2.75, 3.05) is 0 Å². The van der Waals surface area contributed by atoms with Gasteiger partial charge in [0.05, 0.1) is 17.6 Å².